The van der Waals surface area contributed by atoms with E-state index in [1.54, 1.807) is 48.5 Å². The van der Waals surface area contributed by atoms with Crippen LogP contribution in [0.2, 0.25) is 5.02 Å². The highest BCUT2D eigenvalue weighted by Crippen LogP contribution is 2.20. The molecular weight excluding hydrogens is 474 g/mol. The van der Waals surface area contributed by atoms with Gasteiger partial charge in [-0.15, -0.1) is 0 Å². The van der Waals surface area contributed by atoms with Gasteiger partial charge >= 0.3 is 0 Å². The van der Waals surface area contributed by atoms with E-state index in [0.29, 0.717) is 35.1 Å². The fraction of sp³-hybridized carbons (Fsp3) is 0.240. The molecule has 0 saturated carbocycles. The van der Waals surface area contributed by atoms with Crippen LogP contribution in [-0.2, 0) is 16.6 Å². The predicted molar refractivity (Wildman–Crippen MR) is 133 cm³/mol. The molecule has 1 heterocycles. The van der Waals surface area contributed by atoms with Crippen LogP contribution in [0, 0.1) is 0 Å². The normalized spacial score (nSPS) is 14.6. The Morgan fingerprint density at radius 2 is 1.65 bits per heavy atom. The van der Waals surface area contributed by atoms with E-state index in [2.05, 4.69) is 9.62 Å². The van der Waals surface area contributed by atoms with E-state index >= 15 is 0 Å². The smallest absolute Gasteiger partial charge is 0.261 e. The van der Waals surface area contributed by atoms with E-state index in [1.165, 1.54) is 19.2 Å². The molecule has 0 aliphatic carbocycles. The van der Waals surface area contributed by atoms with Gasteiger partial charge in [-0.25, -0.2) is 8.42 Å². The van der Waals surface area contributed by atoms with Crippen LogP contribution in [0.1, 0.15) is 15.9 Å². The Balaban J connectivity index is 1.30. The number of halogens is 1. The molecule has 7 nitrogen and oxygen atoms in total. The Kier molecular flexibility index (Phi) is 7.41. The monoisotopic (exact) mass is 499 g/mol. The SMILES string of the molecule is COc1ccc(S(=O)(=O)Nc2ccc(CN3CCN(C(=O)c4cccc(Cl)c4)CC3)cc2)cc1. The zero-order valence-electron chi connectivity index (χ0n) is 18.8. The molecule has 178 valence electrons. The minimum Gasteiger partial charge on any atom is -0.497 e. The van der Waals surface area contributed by atoms with Crippen molar-refractivity contribution in [1.82, 2.24) is 9.80 Å². The fourth-order valence-electron chi connectivity index (χ4n) is 3.82. The molecule has 3 aromatic rings. The summed E-state index contributed by atoms with van der Waals surface area (Å²) in [6.45, 7) is 3.54. The molecule has 0 bridgehead atoms. The van der Waals surface area contributed by atoms with Crippen molar-refractivity contribution in [1.29, 1.82) is 0 Å². The summed E-state index contributed by atoms with van der Waals surface area (Å²) in [4.78, 5) is 17.0. The second kappa shape index (κ2) is 10.5. The van der Waals surface area contributed by atoms with Crippen LogP contribution in [0.25, 0.3) is 0 Å². The second-order valence-corrected chi connectivity index (χ2v) is 10.2. The lowest BCUT2D eigenvalue weighted by Crippen LogP contribution is -2.48. The number of hydrogen-bond donors (Lipinski definition) is 1. The van der Waals surface area contributed by atoms with Gasteiger partial charge in [0.25, 0.3) is 15.9 Å². The van der Waals surface area contributed by atoms with Crippen molar-refractivity contribution in [3.8, 4) is 5.75 Å². The highest BCUT2D eigenvalue weighted by molar-refractivity contribution is 7.92. The molecule has 4 rings (SSSR count). The van der Waals surface area contributed by atoms with E-state index in [9.17, 15) is 13.2 Å². The highest BCUT2D eigenvalue weighted by atomic mass is 35.5. The van der Waals surface area contributed by atoms with Crippen LogP contribution in [0.4, 0.5) is 5.69 Å². The summed E-state index contributed by atoms with van der Waals surface area (Å²) in [5, 5.41) is 0.555. The third-order valence-corrected chi connectivity index (χ3v) is 7.35. The predicted octanol–water partition coefficient (Wildman–Crippen LogP) is 4.11. The van der Waals surface area contributed by atoms with Crippen molar-refractivity contribution < 1.29 is 17.9 Å². The first-order valence-corrected chi connectivity index (χ1v) is 12.7. The van der Waals surface area contributed by atoms with E-state index < -0.39 is 10.0 Å². The Morgan fingerprint density at radius 1 is 0.971 bits per heavy atom. The van der Waals surface area contributed by atoms with Crippen LogP contribution in [0.15, 0.2) is 77.7 Å². The maximum absolute atomic E-state index is 12.7. The first kappa shape index (κ1) is 24.1. The summed E-state index contributed by atoms with van der Waals surface area (Å²) in [5.41, 5.74) is 2.17. The van der Waals surface area contributed by atoms with Gasteiger partial charge in [-0.1, -0.05) is 29.8 Å². The lowest BCUT2D eigenvalue weighted by Gasteiger charge is -2.34. The minimum absolute atomic E-state index is 0.00403. The highest BCUT2D eigenvalue weighted by Gasteiger charge is 2.22. The van der Waals surface area contributed by atoms with Crippen molar-refractivity contribution in [2.24, 2.45) is 0 Å². The van der Waals surface area contributed by atoms with E-state index in [0.717, 1.165) is 25.2 Å². The number of methoxy groups -OCH3 is 1. The first-order valence-electron chi connectivity index (χ1n) is 10.9. The van der Waals surface area contributed by atoms with Crippen molar-refractivity contribution in [3.63, 3.8) is 0 Å². The van der Waals surface area contributed by atoms with Gasteiger partial charge in [-0.05, 0) is 60.2 Å². The molecule has 9 heteroatoms. The summed E-state index contributed by atoms with van der Waals surface area (Å²) >= 11 is 6.01. The van der Waals surface area contributed by atoms with Crippen LogP contribution in [0.3, 0.4) is 0 Å². The molecule has 0 atom stereocenters. The third-order valence-electron chi connectivity index (χ3n) is 5.71. The Morgan fingerprint density at radius 3 is 2.26 bits per heavy atom. The number of ether oxygens (including phenoxy) is 1. The lowest BCUT2D eigenvalue weighted by atomic mass is 10.1. The molecule has 1 saturated heterocycles. The Hall–Kier alpha value is -3.07. The number of carbonyl (C=O) groups excluding carboxylic acids is 1. The molecule has 0 aromatic heterocycles. The molecule has 1 aliphatic heterocycles. The van der Waals surface area contributed by atoms with Crippen molar-refractivity contribution in [2.75, 3.05) is 38.0 Å². The second-order valence-electron chi connectivity index (χ2n) is 8.06. The number of rotatable bonds is 7. The van der Waals surface area contributed by atoms with Crippen LogP contribution in [0.5, 0.6) is 5.75 Å². The van der Waals surface area contributed by atoms with E-state index in [4.69, 9.17) is 16.3 Å². The number of nitrogens with one attached hydrogen (secondary N) is 1. The molecule has 1 fully saturated rings. The van der Waals surface area contributed by atoms with Crippen molar-refractivity contribution >= 4 is 33.2 Å². The molecule has 34 heavy (non-hydrogen) atoms. The number of anilines is 1. The Bertz CT molecular complexity index is 1240. The summed E-state index contributed by atoms with van der Waals surface area (Å²) < 4.78 is 32.9. The standard InChI is InChI=1S/C25H26ClN3O4S/c1-33-23-9-11-24(12-10-23)34(31,32)27-22-7-5-19(6-8-22)18-28-13-15-29(16-14-28)25(30)20-3-2-4-21(26)17-20/h2-12,17,27H,13-16,18H2,1H3. The molecule has 1 amide bonds. The number of piperazine rings is 1. The summed E-state index contributed by atoms with van der Waals surface area (Å²) in [6.07, 6.45) is 0. The van der Waals surface area contributed by atoms with Crippen LogP contribution < -0.4 is 9.46 Å². The van der Waals surface area contributed by atoms with Crippen molar-refractivity contribution in [3.05, 3.63) is 88.9 Å². The maximum Gasteiger partial charge on any atom is 0.261 e. The molecule has 0 unspecified atom stereocenters. The summed E-state index contributed by atoms with van der Waals surface area (Å²) in [5.74, 6) is 0.591. The van der Waals surface area contributed by atoms with Crippen molar-refractivity contribution in [2.45, 2.75) is 11.4 Å². The molecule has 0 spiro atoms. The van der Waals surface area contributed by atoms with E-state index in [-0.39, 0.29) is 10.8 Å². The minimum atomic E-state index is -3.68. The van der Waals surface area contributed by atoms with Gasteiger partial charge < -0.3 is 9.64 Å². The number of amides is 1. The van der Waals surface area contributed by atoms with Crippen LogP contribution in [-0.4, -0.2) is 57.4 Å². The van der Waals surface area contributed by atoms with Gasteiger partial charge in [0, 0.05) is 49.0 Å². The molecule has 3 aromatic carbocycles. The van der Waals surface area contributed by atoms with Crippen LogP contribution >= 0.6 is 11.6 Å². The molecular formula is C25H26ClN3O4S. The third kappa shape index (κ3) is 5.88. The summed E-state index contributed by atoms with van der Waals surface area (Å²) in [7, 11) is -2.15. The number of carbonyl (C=O) groups is 1. The summed E-state index contributed by atoms with van der Waals surface area (Å²) in [6, 6.07) is 20.6. The van der Waals surface area contributed by atoms with Gasteiger partial charge in [0.1, 0.15) is 5.75 Å². The van der Waals surface area contributed by atoms with Gasteiger partial charge in [0.2, 0.25) is 0 Å². The zero-order chi connectivity index (χ0) is 24.1. The zero-order valence-corrected chi connectivity index (χ0v) is 20.3. The van der Waals surface area contributed by atoms with Gasteiger partial charge in [-0.2, -0.15) is 0 Å². The lowest BCUT2D eigenvalue weighted by molar-refractivity contribution is 0.0628. The number of benzene rings is 3. The number of nitrogens with zero attached hydrogens (tertiary/aromatic N) is 2. The topological polar surface area (TPSA) is 79.0 Å². The van der Waals surface area contributed by atoms with Gasteiger partial charge in [0.05, 0.1) is 12.0 Å². The number of hydrogen-bond acceptors (Lipinski definition) is 5. The fourth-order valence-corrected chi connectivity index (χ4v) is 5.07. The quantitative estimate of drug-likeness (QED) is 0.529. The molecule has 1 aliphatic rings. The average molecular weight is 500 g/mol. The maximum atomic E-state index is 12.7. The van der Waals surface area contributed by atoms with Gasteiger partial charge in [0.15, 0.2) is 0 Å². The Labute approximate surface area is 205 Å². The van der Waals surface area contributed by atoms with Gasteiger partial charge in [-0.3, -0.25) is 14.4 Å². The molecule has 0 radical (unpaired) electrons. The average Bonchev–Trinajstić information content (AvgIpc) is 2.85. The largest absolute Gasteiger partial charge is 0.497 e. The first-order chi connectivity index (χ1) is 16.3. The molecule has 1 N–H and O–H groups in total. The van der Waals surface area contributed by atoms with E-state index in [1.807, 2.05) is 17.0 Å². The number of sulfonamides is 1.